The van der Waals surface area contributed by atoms with E-state index in [2.05, 4.69) is 24.5 Å². The van der Waals surface area contributed by atoms with E-state index in [1.165, 1.54) is 12.8 Å². The molecule has 3 heteroatoms. The fraction of sp³-hybridized carbons (Fsp3) is 1.00. The third-order valence-electron chi connectivity index (χ3n) is 3.29. The summed E-state index contributed by atoms with van der Waals surface area (Å²) in [6.07, 6.45) is 2.82. The van der Waals surface area contributed by atoms with Crippen LogP contribution in [0.3, 0.4) is 0 Å². The maximum Gasteiger partial charge on any atom is 0.123 e. The number of hydrogen-bond donors (Lipinski definition) is 2. The third-order valence-corrected chi connectivity index (χ3v) is 3.29. The molecule has 0 bridgehead atoms. The summed E-state index contributed by atoms with van der Waals surface area (Å²) in [5.41, 5.74) is 0. The van der Waals surface area contributed by atoms with Crippen LogP contribution in [-0.2, 0) is 4.74 Å². The van der Waals surface area contributed by atoms with E-state index < -0.39 is 0 Å². The first kappa shape index (κ1) is 10.4. The molecule has 3 nitrogen and oxygen atoms in total. The molecule has 2 heterocycles. The Bertz CT molecular complexity index is 150. The molecule has 0 aromatic rings. The van der Waals surface area contributed by atoms with Crippen LogP contribution < -0.4 is 10.6 Å². The highest BCUT2D eigenvalue weighted by atomic mass is 16.5. The minimum atomic E-state index is 0.249. The first-order chi connectivity index (χ1) is 6.75. The van der Waals surface area contributed by atoms with Gasteiger partial charge in [0, 0.05) is 12.6 Å². The maximum absolute atomic E-state index is 5.79. The molecule has 0 aromatic carbocycles. The van der Waals surface area contributed by atoms with Gasteiger partial charge < -0.3 is 10.1 Å². The second kappa shape index (κ2) is 4.60. The lowest BCUT2D eigenvalue weighted by Crippen LogP contribution is -2.56. The van der Waals surface area contributed by atoms with Gasteiger partial charge >= 0.3 is 0 Å². The number of rotatable bonds is 1. The molecule has 2 aliphatic heterocycles. The lowest BCUT2D eigenvalue weighted by molar-refractivity contribution is -0.0503. The van der Waals surface area contributed by atoms with E-state index in [9.17, 15) is 0 Å². The van der Waals surface area contributed by atoms with Gasteiger partial charge in [0.2, 0.25) is 0 Å². The highest BCUT2D eigenvalue weighted by Crippen LogP contribution is 2.18. The molecule has 2 fully saturated rings. The molecule has 4 atom stereocenters. The van der Waals surface area contributed by atoms with E-state index in [0.29, 0.717) is 12.0 Å². The molecular weight excluding hydrogens is 176 g/mol. The van der Waals surface area contributed by atoms with Gasteiger partial charge in [-0.3, -0.25) is 5.32 Å². The molecule has 2 rings (SSSR count). The molecule has 0 aliphatic carbocycles. The van der Waals surface area contributed by atoms with Crippen molar-refractivity contribution in [3.63, 3.8) is 0 Å². The molecule has 4 unspecified atom stereocenters. The van der Waals surface area contributed by atoms with Crippen LogP contribution in [0, 0.1) is 11.8 Å². The Balaban J connectivity index is 1.78. The van der Waals surface area contributed by atoms with Crippen molar-refractivity contribution in [2.75, 3.05) is 19.7 Å². The molecule has 2 N–H and O–H groups in total. The Morgan fingerprint density at radius 1 is 1.00 bits per heavy atom. The molecule has 0 radical (unpaired) electrons. The summed E-state index contributed by atoms with van der Waals surface area (Å²) in [5.74, 6) is 1.49. The summed E-state index contributed by atoms with van der Waals surface area (Å²) >= 11 is 0. The van der Waals surface area contributed by atoms with Gasteiger partial charge in [-0.2, -0.15) is 0 Å². The molecule has 0 spiro atoms. The summed E-state index contributed by atoms with van der Waals surface area (Å²) < 4.78 is 5.79. The Morgan fingerprint density at radius 2 is 1.79 bits per heavy atom. The minimum Gasteiger partial charge on any atom is -0.361 e. The van der Waals surface area contributed by atoms with Gasteiger partial charge in [0.1, 0.15) is 6.23 Å². The summed E-state index contributed by atoms with van der Waals surface area (Å²) in [6.45, 7) is 7.67. The lowest BCUT2D eigenvalue weighted by atomic mass is 9.95. The zero-order chi connectivity index (χ0) is 9.97. The van der Waals surface area contributed by atoms with Crippen molar-refractivity contribution in [2.45, 2.75) is 39.0 Å². The van der Waals surface area contributed by atoms with Crippen molar-refractivity contribution in [1.82, 2.24) is 10.6 Å². The van der Waals surface area contributed by atoms with Crippen molar-refractivity contribution in [3.8, 4) is 0 Å². The molecular formula is C11H22N2O. The fourth-order valence-electron chi connectivity index (χ4n) is 2.24. The number of hydrogen-bond acceptors (Lipinski definition) is 3. The van der Waals surface area contributed by atoms with E-state index >= 15 is 0 Å². The molecule has 2 aliphatic rings. The predicted octanol–water partition coefficient (Wildman–Crippen LogP) is 0.957. The van der Waals surface area contributed by atoms with E-state index in [-0.39, 0.29) is 6.23 Å². The first-order valence-corrected chi connectivity index (χ1v) is 5.84. The summed E-state index contributed by atoms with van der Waals surface area (Å²) in [5, 5.41) is 7.03. The van der Waals surface area contributed by atoms with Gasteiger partial charge in [0.15, 0.2) is 0 Å². The Morgan fingerprint density at radius 3 is 2.36 bits per heavy atom. The summed E-state index contributed by atoms with van der Waals surface area (Å²) in [4.78, 5) is 0. The number of piperidine rings is 1. The SMILES string of the molecule is CC1CCC(C2NCC(C)CO2)NC1. The van der Waals surface area contributed by atoms with Crippen molar-refractivity contribution in [1.29, 1.82) is 0 Å². The van der Waals surface area contributed by atoms with Crippen LogP contribution in [0.25, 0.3) is 0 Å². The van der Waals surface area contributed by atoms with Crippen LogP contribution in [0.5, 0.6) is 0 Å². The average Bonchev–Trinajstić information content (AvgIpc) is 2.21. The molecule has 0 saturated carbocycles. The van der Waals surface area contributed by atoms with Crippen molar-refractivity contribution < 1.29 is 4.74 Å². The number of ether oxygens (including phenoxy) is 1. The fourth-order valence-corrected chi connectivity index (χ4v) is 2.24. The van der Waals surface area contributed by atoms with Crippen LogP contribution in [0.4, 0.5) is 0 Å². The van der Waals surface area contributed by atoms with Crippen molar-refractivity contribution in [3.05, 3.63) is 0 Å². The van der Waals surface area contributed by atoms with Gasteiger partial charge in [-0.15, -0.1) is 0 Å². The van der Waals surface area contributed by atoms with Crippen LogP contribution in [0.2, 0.25) is 0 Å². The van der Waals surface area contributed by atoms with Crippen LogP contribution in [0.15, 0.2) is 0 Å². The van der Waals surface area contributed by atoms with Gasteiger partial charge in [-0.25, -0.2) is 0 Å². The highest BCUT2D eigenvalue weighted by Gasteiger charge is 2.28. The summed E-state index contributed by atoms with van der Waals surface area (Å²) in [7, 11) is 0. The van der Waals surface area contributed by atoms with Crippen LogP contribution in [-0.4, -0.2) is 32.0 Å². The minimum absolute atomic E-state index is 0.249. The number of nitrogens with one attached hydrogen (secondary N) is 2. The summed E-state index contributed by atoms with van der Waals surface area (Å²) in [6, 6.07) is 0.527. The third kappa shape index (κ3) is 2.47. The van der Waals surface area contributed by atoms with Crippen molar-refractivity contribution in [2.24, 2.45) is 11.8 Å². The van der Waals surface area contributed by atoms with E-state index in [0.717, 1.165) is 25.6 Å². The first-order valence-electron chi connectivity index (χ1n) is 5.84. The molecule has 2 saturated heterocycles. The monoisotopic (exact) mass is 198 g/mol. The topological polar surface area (TPSA) is 33.3 Å². The Hall–Kier alpha value is -0.120. The van der Waals surface area contributed by atoms with Gasteiger partial charge in [0.25, 0.3) is 0 Å². The maximum atomic E-state index is 5.79. The average molecular weight is 198 g/mol. The zero-order valence-electron chi connectivity index (χ0n) is 9.25. The van der Waals surface area contributed by atoms with Crippen LogP contribution >= 0.6 is 0 Å². The van der Waals surface area contributed by atoms with Crippen molar-refractivity contribution >= 4 is 0 Å². The molecule has 0 amide bonds. The predicted molar refractivity (Wildman–Crippen MR) is 57.1 cm³/mol. The Kier molecular flexibility index (Phi) is 3.42. The molecule has 14 heavy (non-hydrogen) atoms. The standard InChI is InChI=1S/C11H22N2O/c1-8-3-4-10(12-5-8)11-13-6-9(2)7-14-11/h8-13H,3-7H2,1-2H3. The normalized spacial score (nSPS) is 45.0. The van der Waals surface area contributed by atoms with E-state index in [1.54, 1.807) is 0 Å². The Labute approximate surface area is 86.6 Å². The lowest BCUT2D eigenvalue weighted by Gasteiger charge is -2.37. The molecule has 0 aromatic heterocycles. The van der Waals surface area contributed by atoms with Gasteiger partial charge in [0.05, 0.1) is 6.61 Å². The quantitative estimate of drug-likeness (QED) is 0.658. The van der Waals surface area contributed by atoms with Gasteiger partial charge in [-0.1, -0.05) is 13.8 Å². The van der Waals surface area contributed by atoms with E-state index in [1.807, 2.05) is 0 Å². The van der Waals surface area contributed by atoms with Gasteiger partial charge in [-0.05, 0) is 31.2 Å². The smallest absolute Gasteiger partial charge is 0.123 e. The largest absolute Gasteiger partial charge is 0.361 e. The van der Waals surface area contributed by atoms with Crippen LogP contribution in [0.1, 0.15) is 26.7 Å². The highest BCUT2D eigenvalue weighted by molar-refractivity contribution is 4.83. The second-order valence-electron chi connectivity index (χ2n) is 4.96. The zero-order valence-corrected chi connectivity index (χ0v) is 9.25. The molecule has 82 valence electrons. The van der Waals surface area contributed by atoms with E-state index in [4.69, 9.17) is 4.74 Å². The second-order valence-corrected chi connectivity index (χ2v) is 4.96.